The van der Waals surface area contributed by atoms with E-state index >= 15 is 0 Å². The smallest absolute Gasteiger partial charge is 0.191 e. The Morgan fingerprint density at radius 3 is 2.52 bits per heavy atom. The number of hydrogen-bond acceptors (Lipinski definition) is 4. The van der Waals surface area contributed by atoms with E-state index < -0.39 is 0 Å². The molecule has 0 saturated carbocycles. The second-order valence-electron chi connectivity index (χ2n) is 7.25. The molecular formula is C22H33IN4OS. The molecule has 1 fully saturated rings. The predicted octanol–water partition coefficient (Wildman–Crippen LogP) is 4.48. The van der Waals surface area contributed by atoms with Gasteiger partial charge in [-0.1, -0.05) is 31.2 Å². The van der Waals surface area contributed by atoms with Crippen LogP contribution in [0.3, 0.4) is 0 Å². The van der Waals surface area contributed by atoms with Crippen molar-refractivity contribution in [3.8, 4) is 5.75 Å². The van der Waals surface area contributed by atoms with Gasteiger partial charge in [-0.05, 0) is 49.0 Å². The van der Waals surface area contributed by atoms with Gasteiger partial charge in [-0.15, -0.1) is 35.3 Å². The summed E-state index contributed by atoms with van der Waals surface area (Å²) in [6, 6.07) is 13.0. The Bertz CT molecular complexity index is 747. The van der Waals surface area contributed by atoms with Crippen molar-refractivity contribution in [1.29, 1.82) is 0 Å². The molecule has 0 bridgehead atoms. The summed E-state index contributed by atoms with van der Waals surface area (Å²) >= 11 is 1.84. The Kier molecular flexibility index (Phi) is 10.2. The summed E-state index contributed by atoms with van der Waals surface area (Å²) in [5.41, 5.74) is 1.21. The van der Waals surface area contributed by atoms with Crippen LogP contribution in [0.25, 0.3) is 0 Å². The fraction of sp³-hybridized carbons (Fsp3) is 0.500. The molecule has 160 valence electrons. The maximum Gasteiger partial charge on any atom is 0.191 e. The van der Waals surface area contributed by atoms with Crippen LogP contribution >= 0.6 is 35.3 Å². The molecule has 7 heteroatoms. The van der Waals surface area contributed by atoms with E-state index in [0.29, 0.717) is 12.0 Å². The van der Waals surface area contributed by atoms with E-state index in [4.69, 9.17) is 4.74 Å². The number of nitrogens with one attached hydrogen (secondary N) is 2. The highest BCUT2D eigenvalue weighted by Gasteiger charge is 2.24. The molecule has 1 aromatic carbocycles. The van der Waals surface area contributed by atoms with E-state index in [1.54, 1.807) is 7.11 Å². The number of hydrogen-bond donors (Lipinski definition) is 2. The van der Waals surface area contributed by atoms with Crippen LogP contribution in [0.15, 0.2) is 46.8 Å². The van der Waals surface area contributed by atoms with Gasteiger partial charge >= 0.3 is 0 Å². The number of nitrogens with zero attached hydrogens (tertiary/aromatic N) is 2. The standard InChI is InChI=1S/C22H32N4OS.HI/c1-17(18-9-4-5-10-20(18)27-3)15-24-22(23-2)25-16-19(21-11-8-14-28-21)26-12-6-7-13-26;/h4-5,8-11,14,17,19H,6-7,12-13,15-16H2,1-3H3,(H2,23,24,25);1H. The molecule has 2 atom stereocenters. The number of guanidine groups is 1. The van der Waals surface area contributed by atoms with Gasteiger partial charge in [-0.25, -0.2) is 0 Å². The van der Waals surface area contributed by atoms with Gasteiger partial charge in [0.1, 0.15) is 5.75 Å². The zero-order valence-corrected chi connectivity index (χ0v) is 20.7. The largest absolute Gasteiger partial charge is 0.496 e. The van der Waals surface area contributed by atoms with E-state index in [0.717, 1.165) is 24.8 Å². The summed E-state index contributed by atoms with van der Waals surface area (Å²) in [6.45, 7) is 6.23. The zero-order valence-electron chi connectivity index (χ0n) is 17.6. The maximum atomic E-state index is 5.50. The highest BCUT2D eigenvalue weighted by atomic mass is 127. The number of likely N-dealkylation sites (tertiary alicyclic amines) is 1. The highest BCUT2D eigenvalue weighted by molar-refractivity contribution is 14.0. The second-order valence-corrected chi connectivity index (χ2v) is 8.23. The Labute approximate surface area is 196 Å². The van der Waals surface area contributed by atoms with Crippen LogP contribution < -0.4 is 15.4 Å². The molecule has 2 heterocycles. The minimum atomic E-state index is 0. The van der Waals surface area contributed by atoms with E-state index in [1.165, 1.54) is 36.4 Å². The molecule has 0 amide bonds. The van der Waals surface area contributed by atoms with E-state index in [-0.39, 0.29) is 24.0 Å². The minimum absolute atomic E-state index is 0. The van der Waals surface area contributed by atoms with Gasteiger partial charge in [-0.3, -0.25) is 9.89 Å². The molecule has 0 radical (unpaired) electrons. The molecule has 1 aliphatic heterocycles. The SMILES string of the molecule is CN=C(NCC(C)c1ccccc1OC)NCC(c1cccs1)N1CCCC1.I. The molecule has 5 nitrogen and oxygen atoms in total. The summed E-state index contributed by atoms with van der Waals surface area (Å²) in [7, 11) is 3.56. The third-order valence-corrected chi connectivity index (χ3v) is 6.36. The van der Waals surface area contributed by atoms with Gasteiger partial charge in [0.25, 0.3) is 0 Å². The van der Waals surface area contributed by atoms with Crippen molar-refractivity contribution in [2.45, 2.75) is 31.7 Å². The average molecular weight is 529 g/mol. The Hall–Kier alpha value is -1.32. The van der Waals surface area contributed by atoms with Gasteiger partial charge in [0.05, 0.1) is 13.2 Å². The molecule has 0 spiro atoms. The molecule has 0 aliphatic carbocycles. The lowest BCUT2D eigenvalue weighted by molar-refractivity contribution is 0.249. The van der Waals surface area contributed by atoms with Gasteiger partial charge < -0.3 is 15.4 Å². The second kappa shape index (κ2) is 12.4. The van der Waals surface area contributed by atoms with Gasteiger partial charge in [-0.2, -0.15) is 0 Å². The quantitative estimate of drug-likeness (QED) is 0.302. The monoisotopic (exact) mass is 528 g/mol. The molecular weight excluding hydrogens is 495 g/mol. The topological polar surface area (TPSA) is 48.9 Å². The van der Waals surface area contributed by atoms with Crippen molar-refractivity contribution in [2.75, 3.05) is 40.3 Å². The van der Waals surface area contributed by atoms with Crippen molar-refractivity contribution in [3.05, 3.63) is 52.2 Å². The first kappa shape index (κ1) is 24.0. The van der Waals surface area contributed by atoms with Crippen LogP contribution in [0.2, 0.25) is 0 Å². The number of halogens is 1. The van der Waals surface area contributed by atoms with E-state index in [9.17, 15) is 0 Å². The Morgan fingerprint density at radius 1 is 1.14 bits per heavy atom. The summed E-state index contributed by atoms with van der Waals surface area (Å²) in [5, 5.41) is 9.19. The molecule has 1 aliphatic rings. The lowest BCUT2D eigenvalue weighted by Gasteiger charge is -2.28. The first-order chi connectivity index (χ1) is 13.7. The molecule has 1 saturated heterocycles. The number of rotatable bonds is 8. The molecule has 3 rings (SSSR count). The van der Waals surface area contributed by atoms with Crippen LogP contribution in [0, 0.1) is 0 Å². The average Bonchev–Trinajstić information content (AvgIpc) is 3.45. The summed E-state index contributed by atoms with van der Waals surface area (Å²) in [6.07, 6.45) is 2.59. The van der Waals surface area contributed by atoms with Crippen LogP contribution in [-0.4, -0.2) is 51.2 Å². The molecule has 1 aromatic heterocycles. The van der Waals surface area contributed by atoms with E-state index in [2.05, 4.69) is 57.1 Å². The van der Waals surface area contributed by atoms with Gasteiger partial charge in [0.15, 0.2) is 5.96 Å². The third-order valence-electron chi connectivity index (χ3n) is 5.39. The fourth-order valence-electron chi connectivity index (χ4n) is 3.79. The number of thiophene rings is 1. The van der Waals surface area contributed by atoms with Crippen LogP contribution in [0.4, 0.5) is 0 Å². The van der Waals surface area contributed by atoms with Gasteiger partial charge in [0, 0.05) is 30.9 Å². The number of methoxy groups -OCH3 is 1. The first-order valence-electron chi connectivity index (χ1n) is 10.1. The minimum Gasteiger partial charge on any atom is -0.496 e. The van der Waals surface area contributed by atoms with Crippen LogP contribution in [0.1, 0.15) is 42.2 Å². The number of benzene rings is 1. The molecule has 2 unspecified atom stereocenters. The number of para-hydroxylation sites is 1. The lowest BCUT2D eigenvalue weighted by atomic mass is 10.0. The van der Waals surface area contributed by atoms with Crippen LogP contribution in [-0.2, 0) is 0 Å². The summed E-state index contributed by atoms with van der Waals surface area (Å²) in [4.78, 5) is 8.43. The van der Waals surface area contributed by atoms with Crippen molar-refractivity contribution in [3.63, 3.8) is 0 Å². The lowest BCUT2D eigenvalue weighted by Crippen LogP contribution is -2.43. The summed E-state index contributed by atoms with van der Waals surface area (Å²) < 4.78 is 5.50. The normalized spacial score (nSPS) is 16.7. The molecule has 2 N–H and O–H groups in total. The van der Waals surface area contributed by atoms with E-state index in [1.807, 2.05) is 30.5 Å². The van der Waals surface area contributed by atoms with Crippen LogP contribution in [0.5, 0.6) is 5.75 Å². The Balaban J connectivity index is 0.00000300. The number of aliphatic imine (C=N–C) groups is 1. The number of ether oxygens (including phenoxy) is 1. The van der Waals surface area contributed by atoms with Crippen molar-refractivity contribution < 1.29 is 4.74 Å². The fourth-order valence-corrected chi connectivity index (χ4v) is 4.65. The zero-order chi connectivity index (χ0) is 19.8. The van der Waals surface area contributed by atoms with Crippen molar-refractivity contribution in [2.24, 2.45) is 4.99 Å². The predicted molar refractivity (Wildman–Crippen MR) is 134 cm³/mol. The first-order valence-corrected chi connectivity index (χ1v) is 11.0. The maximum absolute atomic E-state index is 5.50. The molecule has 2 aromatic rings. The van der Waals surface area contributed by atoms with Crippen molar-refractivity contribution in [1.82, 2.24) is 15.5 Å². The third kappa shape index (κ3) is 6.58. The Morgan fingerprint density at radius 2 is 1.86 bits per heavy atom. The summed E-state index contributed by atoms with van der Waals surface area (Å²) in [5.74, 6) is 2.11. The highest BCUT2D eigenvalue weighted by Crippen LogP contribution is 2.28. The van der Waals surface area contributed by atoms with Gasteiger partial charge in [0.2, 0.25) is 0 Å². The molecule has 29 heavy (non-hydrogen) atoms. The van der Waals surface area contributed by atoms with Crippen molar-refractivity contribution >= 4 is 41.3 Å².